The summed E-state index contributed by atoms with van der Waals surface area (Å²) >= 11 is 6.54. The van der Waals surface area contributed by atoms with Crippen LogP contribution in [0.4, 0.5) is 0 Å². The van der Waals surface area contributed by atoms with Crippen LogP contribution in [0.25, 0.3) is 0 Å². The van der Waals surface area contributed by atoms with Gasteiger partial charge in [0.1, 0.15) is 30.5 Å². The van der Waals surface area contributed by atoms with Gasteiger partial charge in [-0.05, 0) is 38.1 Å². The monoisotopic (exact) mass is 375 g/mol. The molecule has 6 heteroatoms. The van der Waals surface area contributed by atoms with Crippen LogP contribution in [0.1, 0.15) is 18.4 Å². The highest BCUT2D eigenvalue weighted by atomic mass is 35.5. The Morgan fingerprint density at radius 1 is 1.00 bits per heavy atom. The van der Waals surface area contributed by atoms with Crippen LogP contribution in [-0.2, 0) is 6.54 Å². The van der Waals surface area contributed by atoms with E-state index < -0.39 is 0 Å². The lowest BCUT2D eigenvalue weighted by Gasteiger charge is -2.20. The van der Waals surface area contributed by atoms with Crippen molar-refractivity contribution in [3.05, 3.63) is 40.9 Å². The van der Waals surface area contributed by atoms with Crippen molar-refractivity contribution in [1.82, 2.24) is 4.90 Å². The summed E-state index contributed by atoms with van der Waals surface area (Å²) in [6.07, 6.45) is 2.48. The molecule has 2 heterocycles. The molecule has 1 fully saturated rings. The van der Waals surface area contributed by atoms with Crippen LogP contribution >= 0.6 is 11.6 Å². The lowest BCUT2D eigenvalue weighted by Crippen LogP contribution is -2.19. The SMILES string of the molecule is COc1cc(Oc2ccc3c(c2)OCCO3)cc(Cl)c1CN1CCCC1. The van der Waals surface area contributed by atoms with Gasteiger partial charge in [-0.2, -0.15) is 0 Å². The predicted molar refractivity (Wildman–Crippen MR) is 100 cm³/mol. The summed E-state index contributed by atoms with van der Waals surface area (Å²) in [6, 6.07) is 9.25. The minimum absolute atomic E-state index is 0.543. The van der Waals surface area contributed by atoms with E-state index in [-0.39, 0.29) is 0 Å². The molecule has 0 spiro atoms. The largest absolute Gasteiger partial charge is 0.496 e. The molecule has 5 nitrogen and oxygen atoms in total. The zero-order chi connectivity index (χ0) is 17.9. The van der Waals surface area contributed by atoms with Gasteiger partial charge in [-0.25, -0.2) is 0 Å². The Balaban J connectivity index is 1.56. The fraction of sp³-hybridized carbons (Fsp3) is 0.400. The lowest BCUT2D eigenvalue weighted by atomic mass is 10.1. The van der Waals surface area contributed by atoms with Gasteiger partial charge in [0.15, 0.2) is 11.5 Å². The molecule has 0 saturated carbocycles. The summed E-state index contributed by atoms with van der Waals surface area (Å²) in [5, 5.41) is 0.656. The topological polar surface area (TPSA) is 40.2 Å². The summed E-state index contributed by atoms with van der Waals surface area (Å²) in [6.45, 7) is 4.12. The average molecular weight is 376 g/mol. The summed E-state index contributed by atoms with van der Waals surface area (Å²) < 4.78 is 22.7. The van der Waals surface area contributed by atoms with Crippen molar-refractivity contribution in [2.24, 2.45) is 0 Å². The van der Waals surface area contributed by atoms with E-state index in [1.54, 1.807) is 7.11 Å². The Morgan fingerprint density at radius 2 is 1.77 bits per heavy atom. The van der Waals surface area contributed by atoms with Crippen LogP contribution < -0.4 is 18.9 Å². The lowest BCUT2D eigenvalue weighted by molar-refractivity contribution is 0.171. The Hall–Kier alpha value is -2.11. The molecular formula is C20H22ClNO4. The van der Waals surface area contributed by atoms with Gasteiger partial charge in [-0.3, -0.25) is 4.90 Å². The van der Waals surface area contributed by atoms with Crippen LogP contribution in [0.2, 0.25) is 5.02 Å². The molecule has 1 saturated heterocycles. The van der Waals surface area contributed by atoms with Crippen molar-refractivity contribution < 1.29 is 18.9 Å². The van der Waals surface area contributed by atoms with Crippen LogP contribution in [0.5, 0.6) is 28.7 Å². The normalized spacial score (nSPS) is 16.5. The minimum Gasteiger partial charge on any atom is -0.496 e. The van der Waals surface area contributed by atoms with Crippen LogP contribution in [0, 0.1) is 0 Å². The van der Waals surface area contributed by atoms with Crippen molar-refractivity contribution >= 4 is 11.6 Å². The number of methoxy groups -OCH3 is 1. The molecule has 0 atom stereocenters. The summed E-state index contributed by atoms with van der Waals surface area (Å²) in [5.41, 5.74) is 1.01. The molecule has 26 heavy (non-hydrogen) atoms. The number of hydrogen-bond donors (Lipinski definition) is 0. The molecule has 2 aliphatic rings. The molecule has 0 bridgehead atoms. The summed E-state index contributed by atoms with van der Waals surface area (Å²) in [4.78, 5) is 2.39. The smallest absolute Gasteiger partial charge is 0.165 e. The number of benzene rings is 2. The van der Waals surface area contributed by atoms with Crippen molar-refractivity contribution in [1.29, 1.82) is 0 Å². The van der Waals surface area contributed by atoms with Gasteiger partial charge in [-0.1, -0.05) is 11.6 Å². The standard InChI is InChI=1S/C20H22ClNO4/c1-23-19-12-15(10-17(21)16(19)13-22-6-2-3-7-22)26-14-4-5-18-20(11-14)25-9-8-24-18/h4-5,10-12H,2-3,6-9,13H2,1H3. The van der Waals surface area contributed by atoms with Gasteiger partial charge in [0.2, 0.25) is 0 Å². The third-order valence-corrected chi connectivity index (χ3v) is 5.01. The zero-order valence-electron chi connectivity index (χ0n) is 14.8. The Morgan fingerprint density at radius 3 is 2.54 bits per heavy atom. The average Bonchev–Trinajstić information content (AvgIpc) is 3.17. The molecule has 2 aliphatic heterocycles. The number of hydrogen-bond acceptors (Lipinski definition) is 5. The first-order chi connectivity index (χ1) is 12.7. The Bertz CT molecular complexity index is 790. The number of fused-ring (bicyclic) bond motifs is 1. The highest BCUT2D eigenvalue weighted by Gasteiger charge is 2.18. The Kier molecular flexibility index (Phi) is 5.09. The van der Waals surface area contributed by atoms with E-state index in [2.05, 4.69) is 4.90 Å². The molecule has 138 valence electrons. The van der Waals surface area contributed by atoms with E-state index in [4.69, 9.17) is 30.5 Å². The van der Waals surface area contributed by atoms with E-state index in [0.717, 1.165) is 36.7 Å². The first-order valence-electron chi connectivity index (χ1n) is 8.89. The summed E-state index contributed by atoms with van der Waals surface area (Å²) in [7, 11) is 1.66. The molecule has 2 aromatic carbocycles. The maximum atomic E-state index is 6.54. The number of ether oxygens (including phenoxy) is 4. The summed E-state index contributed by atoms with van der Waals surface area (Å²) in [5.74, 6) is 3.47. The Labute approximate surface area is 158 Å². The van der Waals surface area contributed by atoms with Gasteiger partial charge in [0.25, 0.3) is 0 Å². The molecule has 0 amide bonds. The molecule has 0 radical (unpaired) electrons. The number of halogens is 1. The van der Waals surface area contributed by atoms with Gasteiger partial charge >= 0.3 is 0 Å². The maximum Gasteiger partial charge on any atom is 0.165 e. The minimum atomic E-state index is 0.543. The van der Waals surface area contributed by atoms with E-state index >= 15 is 0 Å². The molecular weight excluding hydrogens is 354 g/mol. The van der Waals surface area contributed by atoms with Crippen molar-refractivity contribution in [2.75, 3.05) is 33.4 Å². The molecule has 0 unspecified atom stereocenters. The van der Waals surface area contributed by atoms with Crippen LogP contribution in [-0.4, -0.2) is 38.3 Å². The predicted octanol–water partition coefficient (Wildman–Crippen LogP) is 4.51. The van der Waals surface area contributed by atoms with E-state index in [9.17, 15) is 0 Å². The van der Waals surface area contributed by atoms with Crippen molar-refractivity contribution in [2.45, 2.75) is 19.4 Å². The van der Waals surface area contributed by atoms with Crippen LogP contribution in [0.3, 0.4) is 0 Å². The van der Waals surface area contributed by atoms with Gasteiger partial charge in [0, 0.05) is 30.3 Å². The van der Waals surface area contributed by atoms with Crippen LogP contribution in [0.15, 0.2) is 30.3 Å². The highest BCUT2D eigenvalue weighted by Crippen LogP contribution is 2.38. The van der Waals surface area contributed by atoms with E-state index in [1.807, 2.05) is 30.3 Å². The third kappa shape index (κ3) is 3.69. The number of rotatable bonds is 5. The molecule has 4 rings (SSSR count). The second kappa shape index (κ2) is 7.64. The quantitative estimate of drug-likeness (QED) is 0.769. The molecule has 2 aromatic rings. The fourth-order valence-electron chi connectivity index (χ4n) is 3.37. The maximum absolute atomic E-state index is 6.54. The second-order valence-corrected chi connectivity index (χ2v) is 6.88. The van der Waals surface area contributed by atoms with Crippen molar-refractivity contribution in [3.8, 4) is 28.7 Å². The zero-order valence-corrected chi connectivity index (χ0v) is 15.6. The highest BCUT2D eigenvalue weighted by molar-refractivity contribution is 6.31. The van der Waals surface area contributed by atoms with Crippen molar-refractivity contribution in [3.63, 3.8) is 0 Å². The van der Waals surface area contributed by atoms with E-state index in [1.165, 1.54) is 12.8 Å². The van der Waals surface area contributed by atoms with Gasteiger partial charge in [-0.15, -0.1) is 0 Å². The van der Waals surface area contributed by atoms with Gasteiger partial charge in [0.05, 0.1) is 12.1 Å². The molecule has 0 aliphatic carbocycles. The van der Waals surface area contributed by atoms with Gasteiger partial charge < -0.3 is 18.9 Å². The third-order valence-electron chi connectivity index (χ3n) is 4.68. The first kappa shape index (κ1) is 17.3. The number of likely N-dealkylation sites (tertiary alicyclic amines) is 1. The fourth-order valence-corrected chi connectivity index (χ4v) is 3.63. The van der Waals surface area contributed by atoms with E-state index in [0.29, 0.717) is 35.5 Å². The second-order valence-electron chi connectivity index (χ2n) is 6.48. The number of nitrogens with zero attached hydrogens (tertiary/aromatic N) is 1. The molecule has 0 aromatic heterocycles. The molecule has 0 N–H and O–H groups in total. The first-order valence-corrected chi connectivity index (χ1v) is 9.27.